The number of rotatable bonds is 3. The summed E-state index contributed by atoms with van der Waals surface area (Å²) in [6.45, 7) is 4.77. The summed E-state index contributed by atoms with van der Waals surface area (Å²) >= 11 is 0. The van der Waals surface area contributed by atoms with E-state index in [1.165, 1.54) is 0 Å². The molecule has 84 valence electrons. The minimum absolute atomic E-state index is 0.0773. The first-order chi connectivity index (χ1) is 7.25. The second-order valence-electron chi connectivity index (χ2n) is 4.34. The lowest BCUT2D eigenvalue weighted by atomic mass is 10.0. The largest absolute Gasteiger partial charge is 0.381 e. The number of nitrogens with two attached hydrogens (primary N) is 1. The van der Waals surface area contributed by atoms with Crippen molar-refractivity contribution in [1.82, 2.24) is 9.78 Å². The van der Waals surface area contributed by atoms with E-state index in [4.69, 9.17) is 10.5 Å². The zero-order chi connectivity index (χ0) is 10.7. The van der Waals surface area contributed by atoms with Crippen molar-refractivity contribution in [2.45, 2.75) is 32.4 Å². The highest BCUT2D eigenvalue weighted by Crippen LogP contribution is 2.17. The standard InChI is InChI=1S/C11H19N3O/c1-9(12)11-6-13-14(8-11)7-10-2-4-15-5-3-10/h6,8-10H,2-5,7,12H2,1H3. The van der Waals surface area contributed by atoms with Gasteiger partial charge in [-0.25, -0.2) is 0 Å². The zero-order valence-corrected chi connectivity index (χ0v) is 9.22. The average Bonchev–Trinajstić information content (AvgIpc) is 2.68. The lowest BCUT2D eigenvalue weighted by Crippen LogP contribution is -2.20. The molecular weight excluding hydrogens is 190 g/mol. The first kappa shape index (κ1) is 10.6. The van der Waals surface area contributed by atoms with Gasteiger partial charge in [-0.05, 0) is 25.7 Å². The van der Waals surface area contributed by atoms with Crippen molar-refractivity contribution in [2.75, 3.05) is 13.2 Å². The Kier molecular flexibility index (Phi) is 3.38. The molecule has 0 bridgehead atoms. The summed E-state index contributed by atoms with van der Waals surface area (Å²) in [4.78, 5) is 0. The minimum Gasteiger partial charge on any atom is -0.381 e. The van der Waals surface area contributed by atoms with Gasteiger partial charge in [-0.15, -0.1) is 0 Å². The van der Waals surface area contributed by atoms with E-state index in [1.807, 2.05) is 17.8 Å². The molecule has 4 nitrogen and oxygen atoms in total. The van der Waals surface area contributed by atoms with Gasteiger partial charge in [-0.3, -0.25) is 4.68 Å². The molecule has 1 aromatic rings. The topological polar surface area (TPSA) is 53.1 Å². The summed E-state index contributed by atoms with van der Waals surface area (Å²) < 4.78 is 7.34. The highest BCUT2D eigenvalue weighted by molar-refractivity contribution is 5.08. The van der Waals surface area contributed by atoms with Gasteiger partial charge in [0.15, 0.2) is 0 Å². The number of aromatic nitrogens is 2. The van der Waals surface area contributed by atoms with Crippen molar-refractivity contribution in [3.63, 3.8) is 0 Å². The maximum Gasteiger partial charge on any atom is 0.0537 e. The summed E-state index contributed by atoms with van der Waals surface area (Å²) in [5, 5.41) is 4.33. The van der Waals surface area contributed by atoms with Crippen LogP contribution in [0.4, 0.5) is 0 Å². The Morgan fingerprint density at radius 1 is 1.60 bits per heavy atom. The Bertz CT molecular complexity index is 303. The number of nitrogens with zero attached hydrogens (tertiary/aromatic N) is 2. The molecule has 1 atom stereocenters. The smallest absolute Gasteiger partial charge is 0.0537 e. The summed E-state index contributed by atoms with van der Waals surface area (Å²) in [6.07, 6.45) is 6.21. The minimum atomic E-state index is 0.0773. The van der Waals surface area contributed by atoms with E-state index in [0.29, 0.717) is 5.92 Å². The molecule has 15 heavy (non-hydrogen) atoms. The Labute approximate surface area is 90.4 Å². The van der Waals surface area contributed by atoms with Crippen LogP contribution in [0.25, 0.3) is 0 Å². The van der Waals surface area contributed by atoms with Gasteiger partial charge in [-0.2, -0.15) is 5.10 Å². The third-order valence-corrected chi connectivity index (χ3v) is 2.97. The molecule has 0 radical (unpaired) electrons. The van der Waals surface area contributed by atoms with Crippen molar-refractivity contribution in [1.29, 1.82) is 0 Å². The first-order valence-electron chi connectivity index (χ1n) is 5.61. The number of hydrogen-bond donors (Lipinski definition) is 1. The molecule has 2 heterocycles. The van der Waals surface area contributed by atoms with Crippen molar-refractivity contribution in [2.24, 2.45) is 11.7 Å². The van der Waals surface area contributed by atoms with Gasteiger partial charge in [0, 0.05) is 37.6 Å². The van der Waals surface area contributed by atoms with Crippen molar-refractivity contribution < 1.29 is 4.74 Å². The van der Waals surface area contributed by atoms with E-state index in [0.717, 1.165) is 38.2 Å². The van der Waals surface area contributed by atoms with Crippen molar-refractivity contribution in [3.05, 3.63) is 18.0 Å². The highest BCUT2D eigenvalue weighted by atomic mass is 16.5. The van der Waals surface area contributed by atoms with Gasteiger partial charge in [0.1, 0.15) is 0 Å². The van der Waals surface area contributed by atoms with Crippen LogP contribution in [0, 0.1) is 5.92 Å². The monoisotopic (exact) mass is 209 g/mol. The van der Waals surface area contributed by atoms with Crippen LogP contribution in [0.3, 0.4) is 0 Å². The molecule has 1 aliphatic rings. The summed E-state index contributed by atoms with van der Waals surface area (Å²) in [6, 6.07) is 0.0773. The van der Waals surface area contributed by atoms with Crippen LogP contribution in [0.15, 0.2) is 12.4 Å². The van der Waals surface area contributed by atoms with Gasteiger partial charge in [0.25, 0.3) is 0 Å². The third-order valence-electron chi connectivity index (χ3n) is 2.97. The van der Waals surface area contributed by atoms with E-state index in [2.05, 4.69) is 11.3 Å². The lowest BCUT2D eigenvalue weighted by Gasteiger charge is -2.21. The van der Waals surface area contributed by atoms with Gasteiger partial charge < -0.3 is 10.5 Å². The normalized spacial score (nSPS) is 20.4. The summed E-state index contributed by atoms with van der Waals surface area (Å²) in [7, 11) is 0. The predicted octanol–water partition coefficient (Wildman–Crippen LogP) is 1.33. The van der Waals surface area contributed by atoms with Crippen molar-refractivity contribution >= 4 is 0 Å². The Morgan fingerprint density at radius 2 is 2.33 bits per heavy atom. The van der Waals surface area contributed by atoms with Gasteiger partial charge in [0.2, 0.25) is 0 Å². The van der Waals surface area contributed by atoms with E-state index in [1.54, 1.807) is 0 Å². The first-order valence-corrected chi connectivity index (χ1v) is 5.61. The Morgan fingerprint density at radius 3 is 2.93 bits per heavy atom. The Balaban J connectivity index is 1.91. The second kappa shape index (κ2) is 4.77. The molecule has 2 rings (SSSR count). The molecule has 1 unspecified atom stereocenters. The van der Waals surface area contributed by atoms with Crippen LogP contribution < -0.4 is 5.73 Å². The predicted molar refractivity (Wildman–Crippen MR) is 58.4 cm³/mol. The maximum absolute atomic E-state index is 5.79. The van der Waals surface area contributed by atoms with Gasteiger partial charge in [0.05, 0.1) is 6.20 Å². The van der Waals surface area contributed by atoms with E-state index < -0.39 is 0 Å². The van der Waals surface area contributed by atoms with E-state index >= 15 is 0 Å². The molecule has 0 aliphatic carbocycles. The molecule has 0 spiro atoms. The van der Waals surface area contributed by atoms with E-state index in [9.17, 15) is 0 Å². The Hall–Kier alpha value is -0.870. The summed E-state index contributed by atoms with van der Waals surface area (Å²) in [5.74, 6) is 0.708. The zero-order valence-electron chi connectivity index (χ0n) is 9.22. The molecule has 1 aromatic heterocycles. The highest BCUT2D eigenvalue weighted by Gasteiger charge is 2.15. The van der Waals surface area contributed by atoms with Crippen molar-refractivity contribution in [3.8, 4) is 0 Å². The van der Waals surface area contributed by atoms with Crippen LogP contribution in [-0.4, -0.2) is 23.0 Å². The van der Waals surface area contributed by atoms with Crippen LogP contribution in [0.2, 0.25) is 0 Å². The van der Waals surface area contributed by atoms with Gasteiger partial charge >= 0.3 is 0 Å². The second-order valence-corrected chi connectivity index (χ2v) is 4.34. The maximum atomic E-state index is 5.79. The molecule has 0 amide bonds. The molecule has 0 aromatic carbocycles. The van der Waals surface area contributed by atoms with E-state index in [-0.39, 0.29) is 6.04 Å². The van der Waals surface area contributed by atoms with Crippen LogP contribution >= 0.6 is 0 Å². The molecule has 0 saturated carbocycles. The van der Waals surface area contributed by atoms with Gasteiger partial charge in [-0.1, -0.05) is 0 Å². The molecule has 2 N–H and O–H groups in total. The SMILES string of the molecule is CC(N)c1cnn(CC2CCOCC2)c1. The fourth-order valence-electron chi connectivity index (χ4n) is 1.91. The fourth-order valence-corrected chi connectivity index (χ4v) is 1.91. The molecule has 1 aliphatic heterocycles. The number of hydrogen-bond acceptors (Lipinski definition) is 3. The van der Waals surface area contributed by atoms with Crippen LogP contribution in [0.1, 0.15) is 31.4 Å². The molecule has 1 fully saturated rings. The third kappa shape index (κ3) is 2.79. The fraction of sp³-hybridized carbons (Fsp3) is 0.727. The molecule has 4 heteroatoms. The number of ether oxygens (including phenoxy) is 1. The summed E-state index contributed by atoms with van der Waals surface area (Å²) in [5.41, 5.74) is 6.90. The molecule has 1 saturated heterocycles. The van der Waals surface area contributed by atoms with Crippen LogP contribution in [-0.2, 0) is 11.3 Å². The molecular formula is C11H19N3O. The quantitative estimate of drug-likeness (QED) is 0.817. The lowest BCUT2D eigenvalue weighted by molar-refractivity contribution is 0.0601. The average molecular weight is 209 g/mol. The van der Waals surface area contributed by atoms with Crippen LogP contribution in [0.5, 0.6) is 0 Å².